The molecule has 74 valence electrons. The van der Waals surface area contributed by atoms with Crippen molar-refractivity contribution in [3.63, 3.8) is 0 Å². The van der Waals surface area contributed by atoms with Gasteiger partial charge in [0.1, 0.15) is 5.78 Å². The van der Waals surface area contributed by atoms with E-state index in [2.05, 4.69) is 0 Å². The van der Waals surface area contributed by atoms with Gasteiger partial charge in [0, 0.05) is 18.3 Å². The van der Waals surface area contributed by atoms with Crippen molar-refractivity contribution in [2.75, 3.05) is 0 Å². The van der Waals surface area contributed by atoms with Crippen LogP contribution in [0.3, 0.4) is 0 Å². The second-order valence-electron chi connectivity index (χ2n) is 3.93. The van der Waals surface area contributed by atoms with E-state index in [-0.39, 0.29) is 18.6 Å². The fraction of sp³-hybridized carbons (Fsp3) is 0.875. The average Bonchev–Trinajstić information content (AvgIpc) is 2.42. The SMILES string of the molecule is O=C1C[C@H]2C[C@@H]1C[C@]2(O)C(F)(F)F. The third-order valence-electron chi connectivity index (χ3n) is 3.20. The van der Waals surface area contributed by atoms with Gasteiger partial charge in [0.15, 0.2) is 5.60 Å². The van der Waals surface area contributed by atoms with Crippen molar-refractivity contribution in [2.45, 2.75) is 31.0 Å². The molecule has 0 unspecified atom stereocenters. The summed E-state index contributed by atoms with van der Waals surface area (Å²) < 4.78 is 37.1. The Morgan fingerprint density at radius 1 is 1.46 bits per heavy atom. The molecule has 3 atom stereocenters. The molecule has 0 heterocycles. The minimum absolute atomic E-state index is 0.110. The number of Topliss-reactive ketones (excluding diaryl/α,β-unsaturated/α-hetero) is 1. The van der Waals surface area contributed by atoms with Crippen molar-refractivity contribution in [1.82, 2.24) is 0 Å². The van der Waals surface area contributed by atoms with Crippen LogP contribution in [0.25, 0.3) is 0 Å². The maximum atomic E-state index is 12.4. The van der Waals surface area contributed by atoms with E-state index in [1.807, 2.05) is 0 Å². The van der Waals surface area contributed by atoms with Crippen LogP contribution >= 0.6 is 0 Å². The first-order chi connectivity index (χ1) is 5.84. The summed E-state index contributed by atoms with van der Waals surface area (Å²) in [6.45, 7) is 0. The molecule has 13 heavy (non-hydrogen) atoms. The summed E-state index contributed by atoms with van der Waals surface area (Å²) >= 11 is 0. The number of ketones is 1. The van der Waals surface area contributed by atoms with Crippen molar-refractivity contribution in [3.8, 4) is 0 Å². The summed E-state index contributed by atoms with van der Waals surface area (Å²) in [6.07, 6.45) is -4.93. The number of hydrogen-bond donors (Lipinski definition) is 1. The molecule has 0 aromatic rings. The van der Waals surface area contributed by atoms with E-state index >= 15 is 0 Å². The van der Waals surface area contributed by atoms with Crippen LogP contribution in [-0.4, -0.2) is 22.7 Å². The minimum Gasteiger partial charge on any atom is -0.380 e. The van der Waals surface area contributed by atoms with Crippen LogP contribution in [0.1, 0.15) is 19.3 Å². The third-order valence-corrected chi connectivity index (χ3v) is 3.20. The molecule has 5 heteroatoms. The molecule has 2 fully saturated rings. The normalized spacial score (nSPS) is 44.5. The summed E-state index contributed by atoms with van der Waals surface area (Å²) in [5.74, 6) is -1.58. The van der Waals surface area contributed by atoms with Crippen LogP contribution < -0.4 is 0 Å². The van der Waals surface area contributed by atoms with Crippen molar-refractivity contribution >= 4 is 5.78 Å². The maximum absolute atomic E-state index is 12.4. The molecule has 0 aromatic heterocycles. The molecular formula is C8H9F3O2. The fourth-order valence-electron chi connectivity index (χ4n) is 2.42. The second-order valence-corrected chi connectivity index (χ2v) is 3.93. The molecule has 0 radical (unpaired) electrons. The largest absolute Gasteiger partial charge is 0.417 e. The minimum atomic E-state index is -4.59. The molecule has 1 N–H and O–H groups in total. The van der Waals surface area contributed by atoms with Crippen LogP contribution in [0.2, 0.25) is 0 Å². The zero-order valence-electron chi connectivity index (χ0n) is 6.77. The van der Waals surface area contributed by atoms with Crippen molar-refractivity contribution in [2.24, 2.45) is 11.8 Å². The first-order valence-corrected chi connectivity index (χ1v) is 4.16. The van der Waals surface area contributed by atoms with Gasteiger partial charge in [-0.25, -0.2) is 0 Å². The van der Waals surface area contributed by atoms with E-state index in [1.54, 1.807) is 0 Å². The number of rotatable bonds is 0. The van der Waals surface area contributed by atoms with Gasteiger partial charge in [-0.3, -0.25) is 4.79 Å². The lowest BCUT2D eigenvalue weighted by Gasteiger charge is -2.33. The molecule has 0 spiro atoms. The second kappa shape index (κ2) is 2.26. The van der Waals surface area contributed by atoms with Crippen molar-refractivity contribution < 1.29 is 23.1 Å². The molecule has 2 rings (SSSR count). The molecular weight excluding hydrogens is 185 g/mol. The molecule has 2 aliphatic carbocycles. The Morgan fingerprint density at radius 2 is 2.08 bits per heavy atom. The van der Waals surface area contributed by atoms with E-state index in [0.29, 0.717) is 0 Å². The first-order valence-electron chi connectivity index (χ1n) is 4.16. The predicted octanol–water partition coefficient (Wildman–Crippen LogP) is 1.28. The zero-order valence-corrected chi connectivity index (χ0v) is 6.77. The van der Waals surface area contributed by atoms with Crippen LogP contribution in [-0.2, 0) is 4.79 Å². The summed E-state index contributed by atoms with van der Waals surface area (Å²) in [6, 6.07) is 0. The van der Waals surface area contributed by atoms with Gasteiger partial charge in [0.05, 0.1) is 0 Å². The Morgan fingerprint density at radius 3 is 2.38 bits per heavy atom. The van der Waals surface area contributed by atoms with Gasteiger partial charge >= 0.3 is 6.18 Å². The van der Waals surface area contributed by atoms with Gasteiger partial charge in [0.2, 0.25) is 0 Å². The molecule has 0 aromatic carbocycles. The molecule has 0 amide bonds. The highest BCUT2D eigenvalue weighted by atomic mass is 19.4. The van der Waals surface area contributed by atoms with Gasteiger partial charge in [-0.05, 0) is 12.8 Å². The Kier molecular flexibility index (Phi) is 1.56. The molecule has 2 saturated carbocycles. The highest BCUT2D eigenvalue weighted by Gasteiger charge is 2.66. The van der Waals surface area contributed by atoms with E-state index < -0.39 is 30.0 Å². The lowest BCUT2D eigenvalue weighted by molar-refractivity contribution is -0.275. The van der Waals surface area contributed by atoms with E-state index in [1.165, 1.54) is 0 Å². The topological polar surface area (TPSA) is 37.3 Å². The summed E-state index contributed by atoms with van der Waals surface area (Å²) in [7, 11) is 0. The van der Waals surface area contributed by atoms with Crippen LogP contribution in [0.15, 0.2) is 0 Å². The van der Waals surface area contributed by atoms with E-state index in [0.717, 1.165) is 0 Å². The average molecular weight is 194 g/mol. The number of hydrogen-bond acceptors (Lipinski definition) is 2. The molecule has 2 bridgehead atoms. The smallest absolute Gasteiger partial charge is 0.380 e. The van der Waals surface area contributed by atoms with Crippen LogP contribution in [0, 0.1) is 11.8 Å². The molecule has 2 aliphatic rings. The third kappa shape index (κ3) is 1.03. The number of alkyl halides is 3. The lowest BCUT2D eigenvalue weighted by atomic mass is 9.83. The molecule has 2 nitrogen and oxygen atoms in total. The fourth-order valence-corrected chi connectivity index (χ4v) is 2.42. The highest BCUT2D eigenvalue weighted by molar-refractivity contribution is 5.85. The van der Waals surface area contributed by atoms with Gasteiger partial charge in [-0.2, -0.15) is 13.2 Å². The first kappa shape index (κ1) is 8.99. The Labute approximate surface area is 72.7 Å². The van der Waals surface area contributed by atoms with E-state index in [4.69, 9.17) is 0 Å². The standard InChI is InChI=1S/C8H9F3O2/c9-8(10,11)7(13)3-4-1-5(7)2-6(4)12/h4-5,13H,1-3H2/t4-,5-,7-/m1/s1. The zero-order chi connectivity index (χ0) is 9.85. The quantitative estimate of drug-likeness (QED) is 0.630. The number of halogens is 3. The van der Waals surface area contributed by atoms with Gasteiger partial charge in [-0.1, -0.05) is 0 Å². The van der Waals surface area contributed by atoms with Gasteiger partial charge in [0.25, 0.3) is 0 Å². The Hall–Kier alpha value is -0.580. The highest BCUT2D eigenvalue weighted by Crippen LogP contribution is 2.55. The Bertz CT molecular complexity index is 261. The molecule has 0 aliphatic heterocycles. The lowest BCUT2D eigenvalue weighted by Crippen LogP contribution is -2.50. The monoisotopic (exact) mass is 194 g/mol. The van der Waals surface area contributed by atoms with Crippen molar-refractivity contribution in [3.05, 3.63) is 0 Å². The maximum Gasteiger partial charge on any atom is 0.417 e. The number of carbonyl (C=O) groups is 1. The summed E-state index contributed by atoms with van der Waals surface area (Å²) in [4.78, 5) is 11.0. The number of aliphatic hydroxyl groups is 1. The molecule has 0 saturated heterocycles. The predicted molar refractivity (Wildman–Crippen MR) is 36.8 cm³/mol. The number of carbonyl (C=O) groups excluding carboxylic acids is 1. The Balaban J connectivity index is 2.27. The number of fused-ring (bicyclic) bond motifs is 2. The van der Waals surface area contributed by atoms with Gasteiger partial charge in [-0.15, -0.1) is 0 Å². The summed E-state index contributed by atoms with van der Waals surface area (Å²) in [5, 5.41) is 9.36. The van der Waals surface area contributed by atoms with Crippen LogP contribution in [0.5, 0.6) is 0 Å². The van der Waals surface area contributed by atoms with E-state index in [9.17, 15) is 23.1 Å². The van der Waals surface area contributed by atoms with Crippen LogP contribution in [0.4, 0.5) is 13.2 Å². The van der Waals surface area contributed by atoms with Gasteiger partial charge < -0.3 is 5.11 Å². The summed E-state index contributed by atoms with van der Waals surface area (Å²) in [5.41, 5.74) is -2.59. The van der Waals surface area contributed by atoms with Crippen molar-refractivity contribution in [1.29, 1.82) is 0 Å².